The Morgan fingerprint density at radius 1 is 0.484 bits per heavy atom. The SMILES string of the molecule is C.C.C.C.CC(=NCC(C)(C)C)N(C)C.CC1CCN=C1CC(C)(C)C.CN(C)C(=O)N(C)CC(C)(C)C.CN(C)CC(C)(C)C.CN(CC(C)(C)C)C1=NCC(=O)N1C.CN(CC(C)(C)C)C1=NCC(C)(C)CN1C.CN(CC(C)(C)C)c1ncccn1.CN1CCN=C1N(C)CC(C)(C)C.CN=C(CC(C)(C)C)N(C)C.CN=C([N-]C)N(C)CC(C)(C)C.[Rh]. The van der Waals surface area contributed by atoms with Gasteiger partial charge in [-0.3, -0.25) is 34.7 Å². The van der Waals surface area contributed by atoms with Crippen LogP contribution in [0.15, 0.2) is 53.4 Å². The van der Waals surface area contributed by atoms with Crippen LogP contribution in [-0.2, 0) is 24.3 Å². The summed E-state index contributed by atoms with van der Waals surface area (Å²) < 4.78 is 0. The van der Waals surface area contributed by atoms with Gasteiger partial charge in [-0.2, -0.15) is 0 Å². The Morgan fingerprint density at radius 2 is 0.881 bits per heavy atom. The second kappa shape index (κ2) is 63.2. The molecule has 0 spiro atoms. The van der Waals surface area contributed by atoms with Gasteiger partial charge in [-0.25, -0.2) is 19.8 Å². The van der Waals surface area contributed by atoms with E-state index in [1.807, 2.05) is 86.2 Å². The Kier molecular flexibility index (Phi) is 70.5. The van der Waals surface area contributed by atoms with E-state index in [4.69, 9.17) is 4.99 Å². The van der Waals surface area contributed by atoms with Crippen LogP contribution in [0, 0.1) is 65.5 Å². The molecule has 126 heavy (non-hydrogen) atoms. The molecule has 0 aromatic carbocycles. The summed E-state index contributed by atoms with van der Waals surface area (Å²) in [4.78, 5) is 88.0. The smallest absolute Gasteiger partial charge is 0.319 e. The summed E-state index contributed by atoms with van der Waals surface area (Å²) in [6.07, 6.45) is 7.01. The number of urea groups is 1. The number of anilines is 1. The van der Waals surface area contributed by atoms with Crippen molar-refractivity contribution in [2.45, 2.75) is 284 Å². The molecule has 5 heterocycles. The normalized spacial score (nSPS) is 15.2. The Hall–Kier alpha value is -5.91. The van der Waals surface area contributed by atoms with Crippen molar-refractivity contribution in [2.75, 3.05) is 237 Å². The first-order chi connectivity index (χ1) is 54.0. The average Bonchev–Trinajstić information content (AvgIpc) is 1.33. The van der Waals surface area contributed by atoms with Gasteiger partial charge in [-0.05, 0) is 128 Å². The summed E-state index contributed by atoms with van der Waals surface area (Å²) in [5.41, 5.74) is 4.83. The standard InChI is InChI=1S/C13H27N3.C10H19N3O.C10H21N3.C10H17N3.C10H19N.C9H20N3.C9H20N2O.2C9H20N2.C7H17N.4CH4.Rh/c1-12(2,3)9-15(6)11-14-8-13(4,5)10-16(11)7;1-10(2,3)7-12(4)9-11-6-8(14)13(9)5;1-10(2,3)8-13(5)9-11-6-7-12(9)4;1-10(2,3)8-13(4)9-11-6-5-7-12-9;1-8-5-6-11-9(8)7-10(2,3)4;1-9(2,3)7-12(6)8(10-4)11-5;1-9(2,3)7-11(6)8(12)10(4)5;1-9(2,3)7-8(10-4)11(5)6;1-8(11(5)6)10-7-9(2,3)4;1-7(2,3)6-8(4)5;;;;;/h8-10H2,1-7H3;6-7H2,1-5H3;6-8H2,1-5H3;5-7H,8H2,1-4H3;8H,5-7H2,1-4H3;2*7H2,1-6H3;2*7H2,1-6H3;6H2,1-5H3;4*1H4;/q;;;;;-1;;;;;;;;;. The van der Waals surface area contributed by atoms with Crippen LogP contribution >= 0.6 is 0 Å². The minimum Gasteiger partial charge on any atom is -0.429 e. The Bertz CT molecular complexity index is 3200. The predicted octanol–water partition coefficient (Wildman–Crippen LogP) is 21.0. The molecule has 0 bridgehead atoms. The first kappa shape index (κ1) is 141. The van der Waals surface area contributed by atoms with Crippen molar-refractivity contribution < 1.29 is 29.1 Å². The van der Waals surface area contributed by atoms with Gasteiger partial charge in [0, 0.05) is 233 Å². The van der Waals surface area contributed by atoms with E-state index in [9.17, 15) is 9.59 Å². The Balaban J connectivity index is -0.000000148. The van der Waals surface area contributed by atoms with E-state index in [0.717, 1.165) is 139 Å². The van der Waals surface area contributed by atoms with Gasteiger partial charge in [-0.15, -0.1) is 0 Å². The van der Waals surface area contributed by atoms with E-state index in [1.165, 1.54) is 18.6 Å². The minimum absolute atomic E-state index is 0. The Morgan fingerprint density at radius 3 is 1.15 bits per heavy atom. The summed E-state index contributed by atoms with van der Waals surface area (Å²) in [7, 11) is 39.3. The first-order valence-corrected chi connectivity index (χ1v) is 44.2. The molecular formula is C100H216N23O2Rh-. The third-order valence-electron chi connectivity index (χ3n) is 17.2. The van der Waals surface area contributed by atoms with Crippen molar-refractivity contribution in [3.05, 3.63) is 23.8 Å². The van der Waals surface area contributed by atoms with Gasteiger partial charge in [0.2, 0.25) is 11.9 Å². The zero-order valence-corrected chi connectivity index (χ0v) is 91.9. The summed E-state index contributed by atoms with van der Waals surface area (Å²) >= 11 is 0. The van der Waals surface area contributed by atoms with Gasteiger partial charge >= 0.3 is 6.03 Å². The number of nitrogens with zero attached hydrogens (tertiary/aromatic N) is 23. The van der Waals surface area contributed by atoms with Crippen molar-refractivity contribution in [3.63, 3.8) is 0 Å². The van der Waals surface area contributed by atoms with Crippen LogP contribution in [0.4, 0.5) is 10.7 Å². The van der Waals surface area contributed by atoms with Gasteiger partial charge in [0.25, 0.3) is 5.91 Å². The first-order valence-electron chi connectivity index (χ1n) is 44.2. The van der Waals surface area contributed by atoms with Crippen LogP contribution in [0.25, 0.3) is 5.32 Å². The number of hydrogen-bond acceptors (Lipinski definition) is 18. The zero-order valence-electron chi connectivity index (χ0n) is 90.3. The number of carbonyl (C=O) groups is 2. The number of amides is 3. The number of carbonyl (C=O) groups excluding carboxylic acids is 2. The second-order valence-corrected chi connectivity index (χ2v) is 47.5. The molecule has 0 saturated carbocycles. The number of amidine groups is 2. The van der Waals surface area contributed by atoms with Crippen LogP contribution in [0.2, 0.25) is 0 Å². The molecule has 0 saturated heterocycles. The molecule has 1 aromatic heterocycles. The maximum absolute atomic E-state index is 11.4. The number of likely N-dealkylation sites (N-methyl/N-ethyl adjacent to an activating group) is 2. The minimum atomic E-state index is 0. The van der Waals surface area contributed by atoms with Crippen LogP contribution in [0.5, 0.6) is 0 Å². The van der Waals surface area contributed by atoms with Gasteiger partial charge in [0.05, 0.1) is 18.2 Å². The molecule has 3 amide bonds. The van der Waals surface area contributed by atoms with Crippen LogP contribution < -0.4 is 4.90 Å². The van der Waals surface area contributed by atoms with Gasteiger partial charge in [-0.1, -0.05) is 258 Å². The molecule has 4 aliphatic rings. The monoisotopic (exact) mass is 1870 g/mol. The third kappa shape index (κ3) is 79.1. The topological polar surface area (TPSA) is 203 Å². The molecule has 0 N–H and O–H groups in total. The molecule has 25 nitrogen and oxygen atoms in total. The molecule has 1 unspecified atom stereocenters. The number of aromatic nitrogens is 2. The van der Waals surface area contributed by atoms with Crippen molar-refractivity contribution >= 4 is 59.1 Å². The van der Waals surface area contributed by atoms with Gasteiger partial charge in [0.15, 0.2) is 11.9 Å². The fraction of sp³-hybridized carbons (Fsp3) is 0.870. The number of hydrogen-bond donors (Lipinski definition) is 0. The van der Waals surface area contributed by atoms with E-state index < -0.39 is 0 Å². The van der Waals surface area contributed by atoms with Crippen molar-refractivity contribution in [1.82, 2.24) is 68.8 Å². The summed E-state index contributed by atoms with van der Waals surface area (Å²) in [6, 6.07) is 1.89. The molecule has 1 radical (unpaired) electrons. The maximum Gasteiger partial charge on any atom is 0.319 e. The molecule has 4 aliphatic heterocycles. The third-order valence-corrected chi connectivity index (χ3v) is 17.2. The molecule has 753 valence electrons. The van der Waals surface area contributed by atoms with E-state index in [-0.39, 0.29) is 82.8 Å². The van der Waals surface area contributed by atoms with E-state index in [1.54, 1.807) is 62.3 Å². The average molecular weight is 1880 g/mol. The fourth-order valence-electron chi connectivity index (χ4n) is 13.2. The maximum atomic E-state index is 11.4. The largest absolute Gasteiger partial charge is 0.429 e. The number of rotatable bonds is 11. The molecule has 0 fully saturated rings. The van der Waals surface area contributed by atoms with Crippen molar-refractivity contribution in [3.8, 4) is 0 Å². The van der Waals surface area contributed by atoms with Gasteiger partial charge < -0.3 is 69.1 Å². The van der Waals surface area contributed by atoms with Crippen molar-refractivity contribution in [2.24, 2.45) is 100 Å². The molecule has 1 atom stereocenters. The summed E-state index contributed by atoms with van der Waals surface area (Å²) in [5.74, 6) is 7.73. The van der Waals surface area contributed by atoms with Crippen LogP contribution in [0.3, 0.4) is 0 Å². The van der Waals surface area contributed by atoms with E-state index in [0.29, 0.717) is 44.4 Å². The van der Waals surface area contributed by atoms with Gasteiger partial charge in [0.1, 0.15) is 6.54 Å². The summed E-state index contributed by atoms with van der Waals surface area (Å²) in [6.45, 7) is 88.4. The molecular weight excluding hydrogens is 1660 g/mol. The molecule has 26 heteroatoms. The second-order valence-electron chi connectivity index (χ2n) is 47.5. The number of guanidine groups is 4. The van der Waals surface area contributed by atoms with E-state index >= 15 is 0 Å². The fourth-order valence-corrected chi connectivity index (χ4v) is 13.2. The predicted molar refractivity (Wildman–Crippen MR) is 563 cm³/mol. The summed E-state index contributed by atoms with van der Waals surface area (Å²) in [5, 5.41) is 4.07. The van der Waals surface area contributed by atoms with Crippen LogP contribution in [-0.4, -0.2) is 355 Å². The van der Waals surface area contributed by atoms with Crippen LogP contribution in [0.1, 0.15) is 284 Å². The molecule has 1 aromatic rings. The van der Waals surface area contributed by atoms with Crippen molar-refractivity contribution in [1.29, 1.82) is 0 Å². The Labute approximate surface area is 798 Å². The molecule has 5 rings (SSSR count). The molecule has 0 aliphatic carbocycles. The quantitative estimate of drug-likeness (QED) is 0.115. The van der Waals surface area contributed by atoms with E-state index in [2.05, 4.69) is 355 Å². The number of aliphatic imine (C=N–C) groups is 7. The zero-order chi connectivity index (χ0) is 96.6.